The minimum atomic E-state index is 0.0798. The lowest BCUT2D eigenvalue weighted by atomic mass is 10.0. The van der Waals surface area contributed by atoms with Crippen molar-refractivity contribution in [2.24, 2.45) is 0 Å². The number of rotatable bonds is 3. The number of aryl methyl sites for hydroxylation is 1. The fourth-order valence-electron chi connectivity index (χ4n) is 1.68. The van der Waals surface area contributed by atoms with Gasteiger partial charge in [-0.3, -0.25) is 9.78 Å². The smallest absolute Gasteiger partial charge is 0.168 e. The summed E-state index contributed by atoms with van der Waals surface area (Å²) in [5.41, 5.74) is 2.68. The summed E-state index contributed by atoms with van der Waals surface area (Å²) in [6, 6.07) is 7.53. The number of carbonyl (C=O) groups excluding carboxylic acids is 1. The van der Waals surface area contributed by atoms with Gasteiger partial charge < -0.3 is 0 Å². The molecule has 2 rings (SSSR count). The van der Waals surface area contributed by atoms with Crippen molar-refractivity contribution in [3.8, 4) is 0 Å². The summed E-state index contributed by atoms with van der Waals surface area (Å²) in [6.45, 7) is 2.00. The molecule has 4 heteroatoms. The van der Waals surface area contributed by atoms with Gasteiger partial charge >= 0.3 is 0 Å². The Balaban J connectivity index is 2.28. The number of Topliss-reactive ketones (excluding diaryl/α,β-unsaturated/α-hetero) is 1. The van der Waals surface area contributed by atoms with Crippen molar-refractivity contribution >= 4 is 40.0 Å². The Morgan fingerprint density at radius 1 is 1.39 bits per heavy atom. The second-order valence-corrected chi connectivity index (χ2v) is 5.49. The van der Waals surface area contributed by atoms with Crippen molar-refractivity contribution in [3.63, 3.8) is 0 Å². The van der Waals surface area contributed by atoms with Crippen molar-refractivity contribution in [1.82, 2.24) is 4.98 Å². The van der Waals surface area contributed by atoms with Gasteiger partial charge in [-0.2, -0.15) is 0 Å². The molecule has 2 aromatic rings. The molecule has 0 spiro atoms. The Bertz CT molecular complexity index is 598. The van der Waals surface area contributed by atoms with E-state index in [1.54, 1.807) is 18.5 Å². The van der Waals surface area contributed by atoms with Crippen molar-refractivity contribution in [2.45, 2.75) is 13.3 Å². The lowest BCUT2D eigenvalue weighted by Crippen LogP contribution is -2.07. The molecule has 0 aliphatic rings. The first-order chi connectivity index (χ1) is 8.59. The van der Waals surface area contributed by atoms with E-state index in [0.29, 0.717) is 11.4 Å². The van der Waals surface area contributed by atoms with E-state index < -0.39 is 0 Å². The molecular weight excluding hydrogens is 361 g/mol. The molecule has 18 heavy (non-hydrogen) atoms. The molecule has 1 aromatic heterocycles. The second-order valence-electron chi connectivity index (χ2n) is 4.00. The lowest BCUT2D eigenvalue weighted by Gasteiger charge is -2.07. The highest BCUT2D eigenvalue weighted by atomic mass is 127. The van der Waals surface area contributed by atoms with E-state index in [-0.39, 0.29) is 5.78 Å². The molecular formula is C14H11ClINO. The highest BCUT2D eigenvalue weighted by Crippen LogP contribution is 2.21. The monoisotopic (exact) mass is 371 g/mol. The van der Waals surface area contributed by atoms with Gasteiger partial charge in [0, 0.05) is 27.9 Å². The third kappa shape index (κ3) is 2.90. The van der Waals surface area contributed by atoms with Crippen LogP contribution >= 0.6 is 34.2 Å². The summed E-state index contributed by atoms with van der Waals surface area (Å²) in [4.78, 5) is 16.2. The van der Waals surface area contributed by atoms with E-state index in [4.69, 9.17) is 11.6 Å². The number of aromatic nitrogens is 1. The quantitative estimate of drug-likeness (QED) is 0.601. The van der Waals surface area contributed by atoms with Crippen LogP contribution in [0.5, 0.6) is 0 Å². The zero-order valence-electron chi connectivity index (χ0n) is 9.78. The number of carbonyl (C=O) groups is 1. The van der Waals surface area contributed by atoms with Crippen molar-refractivity contribution in [1.29, 1.82) is 0 Å². The molecule has 0 atom stereocenters. The minimum absolute atomic E-state index is 0.0798. The topological polar surface area (TPSA) is 30.0 Å². The molecule has 92 valence electrons. The molecule has 0 amide bonds. The number of pyridine rings is 1. The summed E-state index contributed by atoms with van der Waals surface area (Å²) >= 11 is 8.22. The second kappa shape index (κ2) is 5.80. The van der Waals surface area contributed by atoms with Crippen molar-refractivity contribution < 1.29 is 4.79 Å². The van der Waals surface area contributed by atoms with Crippen molar-refractivity contribution in [3.05, 3.63) is 61.9 Å². The summed E-state index contributed by atoms with van der Waals surface area (Å²) < 4.78 is 1.00. The summed E-state index contributed by atoms with van der Waals surface area (Å²) in [5.74, 6) is 0.0798. The normalized spacial score (nSPS) is 10.4. The molecule has 1 aromatic carbocycles. The number of hydrogen-bond donors (Lipinski definition) is 0. The number of hydrogen-bond acceptors (Lipinski definition) is 2. The first-order valence-corrected chi connectivity index (χ1v) is 6.92. The molecule has 0 saturated heterocycles. The van der Waals surface area contributed by atoms with Gasteiger partial charge in [-0.15, -0.1) is 0 Å². The summed E-state index contributed by atoms with van der Waals surface area (Å²) in [6.07, 6.45) is 3.52. The zero-order valence-corrected chi connectivity index (χ0v) is 12.7. The van der Waals surface area contributed by atoms with Crippen molar-refractivity contribution in [2.75, 3.05) is 0 Å². The Hall–Kier alpha value is -0.940. The molecule has 0 fully saturated rings. The molecule has 0 N–H and O–H groups in total. The van der Waals surface area contributed by atoms with Crippen LogP contribution in [0.15, 0.2) is 36.7 Å². The maximum Gasteiger partial charge on any atom is 0.168 e. The van der Waals surface area contributed by atoms with Crippen LogP contribution in [0.25, 0.3) is 0 Å². The van der Waals surface area contributed by atoms with E-state index >= 15 is 0 Å². The van der Waals surface area contributed by atoms with Crippen LogP contribution in [0.3, 0.4) is 0 Å². The standard InChI is InChI=1S/C14H11ClINO/c1-9-3-2-4-11(14(9)16)13(18)7-10-5-6-17-8-12(10)15/h2-6,8H,7H2,1H3. The van der Waals surface area contributed by atoms with Crippen LogP contribution in [-0.2, 0) is 6.42 Å². The largest absolute Gasteiger partial charge is 0.294 e. The Morgan fingerprint density at radius 2 is 2.17 bits per heavy atom. The predicted molar refractivity (Wildman–Crippen MR) is 81.2 cm³/mol. The van der Waals surface area contributed by atoms with Gasteiger partial charge in [0.15, 0.2) is 5.78 Å². The number of nitrogens with zero attached hydrogens (tertiary/aromatic N) is 1. The Kier molecular flexibility index (Phi) is 4.35. The highest BCUT2D eigenvalue weighted by Gasteiger charge is 2.13. The number of benzene rings is 1. The minimum Gasteiger partial charge on any atom is -0.294 e. The van der Waals surface area contributed by atoms with Gasteiger partial charge in [0.05, 0.1) is 5.02 Å². The van der Waals surface area contributed by atoms with Crippen LogP contribution < -0.4 is 0 Å². The molecule has 0 saturated carbocycles. The van der Waals surface area contributed by atoms with E-state index in [2.05, 4.69) is 27.6 Å². The average Bonchev–Trinajstić information content (AvgIpc) is 2.35. The Morgan fingerprint density at radius 3 is 2.89 bits per heavy atom. The van der Waals surface area contributed by atoms with E-state index in [1.165, 1.54) is 0 Å². The van der Waals surface area contributed by atoms with Gasteiger partial charge in [-0.25, -0.2) is 0 Å². The van der Waals surface area contributed by atoms with Gasteiger partial charge in [0.25, 0.3) is 0 Å². The molecule has 0 unspecified atom stereocenters. The SMILES string of the molecule is Cc1cccc(C(=O)Cc2ccncc2Cl)c1I. The van der Waals surface area contributed by atoms with Gasteiger partial charge in [-0.1, -0.05) is 29.8 Å². The first-order valence-electron chi connectivity index (χ1n) is 5.46. The van der Waals surface area contributed by atoms with Crippen LogP contribution in [-0.4, -0.2) is 10.8 Å². The molecule has 0 radical (unpaired) electrons. The highest BCUT2D eigenvalue weighted by molar-refractivity contribution is 14.1. The van der Waals surface area contributed by atoms with Gasteiger partial charge in [-0.05, 0) is 46.7 Å². The fourth-order valence-corrected chi connectivity index (χ4v) is 2.52. The van der Waals surface area contributed by atoms with Crippen LogP contribution in [0, 0.1) is 10.5 Å². The first kappa shape index (κ1) is 13.5. The van der Waals surface area contributed by atoms with E-state index in [1.807, 2.05) is 25.1 Å². The van der Waals surface area contributed by atoms with Crippen LogP contribution in [0.4, 0.5) is 0 Å². The average molecular weight is 372 g/mol. The summed E-state index contributed by atoms with van der Waals surface area (Å²) in [7, 11) is 0. The molecule has 0 aliphatic carbocycles. The van der Waals surface area contributed by atoms with Gasteiger partial charge in [0.2, 0.25) is 0 Å². The predicted octanol–water partition coefficient (Wildman–Crippen LogP) is 4.07. The van der Waals surface area contributed by atoms with Crippen LogP contribution in [0.1, 0.15) is 21.5 Å². The molecule has 1 heterocycles. The third-order valence-corrected chi connectivity index (χ3v) is 4.47. The van der Waals surface area contributed by atoms with Gasteiger partial charge in [0.1, 0.15) is 0 Å². The fraction of sp³-hybridized carbons (Fsp3) is 0.143. The third-order valence-electron chi connectivity index (χ3n) is 2.70. The maximum absolute atomic E-state index is 12.3. The number of ketones is 1. The maximum atomic E-state index is 12.3. The van der Waals surface area contributed by atoms with E-state index in [0.717, 1.165) is 20.3 Å². The summed E-state index contributed by atoms with van der Waals surface area (Å²) in [5, 5.41) is 0.536. The van der Waals surface area contributed by atoms with E-state index in [9.17, 15) is 4.79 Å². The lowest BCUT2D eigenvalue weighted by molar-refractivity contribution is 0.0992. The molecule has 0 aliphatic heterocycles. The Labute approximate surface area is 125 Å². The molecule has 2 nitrogen and oxygen atoms in total. The zero-order chi connectivity index (χ0) is 13.1. The molecule has 0 bridgehead atoms. The number of halogens is 2. The van der Waals surface area contributed by atoms with Crippen LogP contribution in [0.2, 0.25) is 5.02 Å².